The van der Waals surface area contributed by atoms with E-state index < -0.39 is 0 Å². The van der Waals surface area contributed by atoms with Gasteiger partial charge in [-0.2, -0.15) is 0 Å². The summed E-state index contributed by atoms with van der Waals surface area (Å²) in [6, 6.07) is 5.97. The average Bonchev–Trinajstić information content (AvgIpc) is 2.48. The van der Waals surface area contributed by atoms with Crippen molar-refractivity contribution >= 4 is 11.6 Å². The fraction of sp³-hybridized carbons (Fsp3) is 0.600. The van der Waals surface area contributed by atoms with Crippen LogP contribution in [0.15, 0.2) is 18.2 Å². The van der Waals surface area contributed by atoms with Gasteiger partial charge in [0.15, 0.2) is 0 Å². The molecule has 0 saturated carbocycles. The van der Waals surface area contributed by atoms with Gasteiger partial charge in [-0.1, -0.05) is 24.6 Å². The first-order chi connectivity index (χ1) is 9.79. The first kappa shape index (κ1) is 15.6. The Balaban J connectivity index is 1.77. The van der Waals surface area contributed by atoms with Crippen molar-refractivity contribution in [2.45, 2.75) is 13.5 Å². The number of nitrogens with zero attached hydrogens (tertiary/aromatic N) is 1. The van der Waals surface area contributed by atoms with Gasteiger partial charge in [0.05, 0.1) is 18.2 Å². The van der Waals surface area contributed by atoms with Crippen molar-refractivity contribution in [3.63, 3.8) is 0 Å². The summed E-state index contributed by atoms with van der Waals surface area (Å²) in [4.78, 5) is 2.34. The molecule has 112 valence electrons. The van der Waals surface area contributed by atoms with Crippen LogP contribution in [0.1, 0.15) is 12.5 Å². The van der Waals surface area contributed by atoms with Gasteiger partial charge < -0.3 is 14.8 Å². The van der Waals surface area contributed by atoms with E-state index >= 15 is 0 Å². The number of hydrogen-bond donors (Lipinski definition) is 1. The van der Waals surface area contributed by atoms with Crippen LogP contribution in [0.5, 0.6) is 5.75 Å². The van der Waals surface area contributed by atoms with E-state index in [0.717, 1.165) is 51.7 Å². The first-order valence-electron chi connectivity index (χ1n) is 7.21. The van der Waals surface area contributed by atoms with Crippen LogP contribution in [0.2, 0.25) is 5.02 Å². The van der Waals surface area contributed by atoms with E-state index in [0.29, 0.717) is 11.6 Å². The number of benzene rings is 1. The number of hydrogen-bond acceptors (Lipinski definition) is 4. The summed E-state index contributed by atoms with van der Waals surface area (Å²) in [6.07, 6.45) is 0. The first-order valence-corrected chi connectivity index (χ1v) is 7.59. The highest BCUT2D eigenvalue weighted by atomic mass is 35.5. The molecule has 0 spiro atoms. The maximum Gasteiger partial charge on any atom is 0.137 e. The molecule has 1 aromatic rings. The maximum atomic E-state index is 6.24. The van der Waals surface area contributed by atoms with Crippen LogP contribution < -0.4 is 10.1 Å². The number of nitrogens with one attached hydrogen (secondary N) is 1. The van der Waals surface area contributed by atoms with E-state index in [2.05, 4.69) is 23.2 Å². The highest BCUT2D eigenvalue weighted by molar-refractivity contribution is 6.32. The second-order valence-corrected chi connectivity index (χ2v) is 5.25. The molecule has 0 bridgehead atoms. The lowest BCUT2D eigenvalue weighted by Crippen LogP contribution is -2.38. The SMILES string of the molecule is CCNCc1ccc(OCCN2CCOCC2)c(Cl)c1. The topological polar surface area (TPSA) is 33.7 Å². The lowest BCUT2D eigenvalue weighted by Gasteiger charge is -2.26. The van der Waals surface area contributed by atoms with Crippen LogP contribution in [0.25, 0.3) is 0 Å². The van der Waals surface area contributed by atoms with Crippen molar-refractivity contribution in [2.24, 2.45) is 0 Å². The Bertz CT molecular complexity index is 409. The van der Waals surface area contributed by atoms with Gasteiger partial charge in [0.1, 0.15) is 12.4 Å². The molecule has 1 aliphatic heterocycles. The summed E-state index contributed by atoms with van der Waals surface area (Å²) in [7, 11) is 0. The van der Waals surface area contributed by atoms with Gasteiger partial charge in [0, 0.05) is 26.2 Å². The maximum absolute atomic E-state index is 6.24. The van der Waals surface area contributed by atoms with Crippen LogP contribution in [0, 0.1) is 0 Å². The van der Waals surface area contributed by atoms with E-state index in [-0.39, 0.29) is 0 Å². The van der Waals surface area contributed by atoms with Gasteiger partial charge in [-0.15, -0.1) is 0 Å². The molecule has 1 saturated heterocycles. The van der Waals surface area contributed by atoms with E-state index in [1.165, 1.54) is 5.56 Å². The molecule has 1 aromatic carbocycles. The van der Waals surface area contributed by atoms with Crippen molar-refractivity contribution < 1.29 is 9.47 Å². The third-order valence-corrected chi connectivity index (χ3v) is 3.64. The summed E-state index contributed by atoms with van der Waals surface area (Å²) in [5.41, 5.74) is 1.18. The van der Waals surface area contributed by atoms with Crippen molar-refractivity contribution in [3.05, 3.63) is 28.8 Å². The molecule has 0 unspecified atom stereocenters. The van der Waals surface area contributed by atoms with Gasteiger partial charge in [0.25, 0.3) is 0 Å². The largest absolute Gasteiger partial charge is 0.491 e. The molecule has 0 aromatic heterocycles. The lowest BCUT2D eigenvalue weighted by atomic mass is 10.2. The highest BCUT2D eigenvalue weighted by Crippen LogP contribution is 2.25. The molecule has 20 heavy (non-hydrogen) atoms. The molecular formula is C15H23ClN2O2. The molecule has 5 heteroatoms. The quantitative estimate of drug-likeness (QED) is 0.836. The lowest BCUT2D eigenvalue weighted by molar-refractivity contribution is 0.0322. The highest BCUT2D eigenvalue weighted by Gasteiger charge is 2.10. The fourth-order valence-electron chi connectivity index (χ4n) is 2.15. The number of ether oxygens (including phenoxy) is 2. The standard InChI is InChI=1S/C15H23ClN2O2/c1-2-17-12-13-3-4-15(14(16)11-13)20-10-7-18-5-8-19-9-6-18/h3-4,11,17H,2,5-10,12H2,1H3. The van der Waals surface area contributed by atoms with Gasteiger partial charge in [-0.05, 0) is 24.2 Å². The van der Waals surface area contributed by atoms with Crippen molar-refractivity contribution in [1.82, 2.24) is 10.2 Å². The minimum absolute atomic E-state index is 0.659. The number of morpholine rings is 1. The molecule has 1 heterocycles. The average molecular weight is 299 g/mol. The molecule has 0 aliphatic carbocycles. The minimum atomic E-state index is 0.659. The van der Waals surface area contributed by atoms with Crippen LogP contribution >= 0.6 is 11.6 Å². The molecular weight excluding hydrogens is 276 g/mol. The molecule has 1 fully saturated rings. The molecule has 4 nitrogen and oxygen atoms in total. The van der Waals surface area contributed by atoms with Crippen molar-refractivity contribution in [3.8, 4) is 5.75 Å². The number of rotatable bonds is 7. The Labute approximate surface area is 126 Å². The molecule has 0 amide bonds. The van der Waals surface area contributed by atoms with E-state index in [9.17, 15) is 0 Å². The molecule has 1 aliphatic rings. The van der Waals surface area contributed by atoms with Crippen LogP contribution in [0.4, 0.5) is 0 Å². The summed E-state index contributed by atoms with van der Waals surface area (Å²) in [5, 5.41) is 3.96. The van der Waals surface area contributed by atoms with Crippen LogP contribution in [0.3, 0.4) is 0 Å². The molecule has 2 rings (SSSR count). The van der Waals surface area contributed by atoms with Gasteiger partial charge >= 0.3 is 0 Å². The number of halogens is 1. The third-order valence-electron chi connectivity index (χ3n) is 3.34. The van der Waals surface area contributed by atoms with Crippen LogP contribution in [-0.2, 0) is 11.3 Å². The summed E-state index contributed by atoms with van der Waals surface area (Å²) >= 11 is 6.24. The smallest absolute Gasteiger partial charge is 0.137 e. The predicted octanol–water partition coefficient (Wildman–Crippen LogP) is 2.16. The minimum Gasteiger partial charge on any atom is -0.491 e. The van der Waals surface area contributed by atoms with Gasteiger partial charge in [0.2, 0.25) is 0 Å². The predicted molar refractivity (Wildman–Crippen MR) is 81.6 cm³/mol. The normalized spacial score (nSPS) is 16.3. The van der Waals surface area contributed by atoms with Gasteiger partial charge in [-0.25, -0.2) is 0 Å². The zero-order chi connectivity index (χ0) is 14.2. The molecule has 0 radical (unpaired) electrons. The summed E-state index contributed by atoms with van der Waals surface area (Å²) < 4.78 is 11.1. The zero-order valence-electron chi connectivity index (χ0n) is 12.0. The molecule has 1 N–H and O–H groups in total. The third kappa shape index (κ3) is 4.94. The zero-order valence-corrected chi connectivity index (χ0v) is 12.8. The Morgan fingerprint density at radius 1 is 1.35 bits per heavy atom. The summed E-state index contributed by atoms with van der Waals surface area (Å²) in [6.45, 7) is 9.06. The second kappa shape index (κ2) is 8.47. The van der Waals surface area contributed by atoms with Crippen LogP contribution in [-0.4, -0.2) is 50.9 Å². The fourth-order valence-corrected chi connectivity index (χ4v) is 2.41. The van der Waals surface area contributed by atoms with Gasteiger partial charge in [-0.3, -0.25) is 4.90 Å². The molecule has 0 atom stereocenters. The Hall–Kier alpha value is -0.810. The monoisotopic (exact) mass is 298 g/mol. The van der Waals surface area contributed by atoms with E-state index in [4.69, 9.17) is 21.1 Å². The Morgan fingerprint density at radius 2 is 2.15 bits per heavy atom. The summed E-state index contributed by atoms with van der Waals surface area (Å²) in [5.74, 6) is 0.764. The van der Waals surface area contributed by atoms with E-state index in [1.54, 1.807) is 0 Å². The van der Waals surface area contributed by atoms with E-state index in [1.807, 2.05) is 12.1 Å². The second-order valence-electron chi connectivity index (χ2n) is 4.85. The Morgan fingerprint density at radius 3 is 2.85 bits per heavy atom. The van der Waals surface area contributed by atoms with Crippen molar-refractivity contribution in [2.75, 3.05) is 46.0 Å². The Kier molecular flexibility index (Phi) is 6.60. The van der Waals surface area contributed by atoms with Crippen molar-refractivity contribution in [1.29, 1.82) is 0 Å².